The largest absolute Gasteiger partial charge is 0.333 e. The van der Waals surface area contributed by atoms with Crippen LogP contribution in [0.15, 0.2) is 30.3 Å². The van der Waals surface area contributed by atoms with Gasteiger partial charge < -0.3 is 10.2 Å². The zero-order valence-electron chi connectivity index (χ0n) is 15.9. The first-order valence-corrected chi connectivity index (χ1v) is 9.88. The number of para-hydroxylation sites is 1. The van der Waals surface area contributed by atoms with Crippen molar-refractivity contribution < 1.29 is 9.59 Å². The monoisotopic (exact) mass is 366 g/mol. The first-order valence-electron chi connectivity index (χ1n) is 9.88. The minimum absolute atomic E-state index is 0.0196. The van der Waals surface area contributed by atoms with E-state index in [9.17, 15) is 9.59 Å². The number of carbonyl (C=O) groups is 2. The molecule has 27 heavy (non-hydrogen) atoms. The average molecular weight is 366 g/mol. The maximum Gasteiger partial charge on any atom is 0.274 e. The Labute approximate surface area is 159 Å². The maximum atomic E-state index is 13.2. The summed E-state index contributed by atoms with van der Waals surface area (Å²) in [7, 11) is 0. The van der Waals surface area contributed by atoms with Gasteiger partial charge >= 0.3 is 0 Å². The highest BCUT2D eigenvalue weighted by atomic mass is 16.2. The molecule has 4 rings (SSSR count). The molecule has 6 nitrogen and oxygen atoms in total. The summed E-state index contributed by atoms with van der Waals surface area (Å²) in [6.45, 7) is 4.77. The number of H-pyrrole nitrogens is 1. The van der Waals surface area contributed by atoms with E-state index in [4.69, 9.17) is 0 Å². The normalized spacial score (nSPS) is 23.7. The molecule has 2 aliphatic rings. The quantitative estimate of drug-likeness (QED) is 0.852. The van der Waals surface area contributed by atoms with Crippen molar-refractivity contribution >= 4 is 17.5 Å². The van der Waals surface area contributed by atoms with Crippen molar-refractivity contribution in [2.24, 2.45) is 0 Å². The van der Waals surface area contributed by atoms with Crippen LogP contribution in [0.4, 0.5) is 5.69 Å². The van der Waals surface area contributed by atoms with Crippen LogP contribution in [0, 0.1) is 0 Å². The van der Waals surface area contributed by atoms with Crippen LogP contribution in [0.2, 0.25) is 0 Å². The predicted molar refractivity (Wildman–Crippen MR) is 104 cm³/mol. The summed E-state index contributed by atoms with van der Waals surface area (Å²) in [6, 6.07) is 9.58. The number of aryl methyl sites for hydroxylation is 1. The molecule has 1 saturated heterocycles. The van der Waals surface area contributed by atoms with Crippen LogP contribution < -0.4 is 5.32 Å². The van der Waals surface area contributed by atoms with E-state index in [-0.39, 0.29) is 17.9 Å². The molecule has 1 aromatic carbocycles. The van der Waals surface area contributed by atoms with Crippen molar-refractivity contribution in [1.29, 1.82) is 0 Å². The summed E-state index contributed by atoms with van der Waals surface area (Å²) in [5.41, 5.74) is 2.68. The van der Waals surface area contributed by atoms with Crippen molar-refractivity contribution in [3.8, 4) is 0 Å². The topological polar surface area (TPSA) is 78.1 Å². The van der Waals surface area contributed by atoms with Gasteiger partial charge in [0.15, 0.2) is 0 Å². The summed E-state index contributed by atoms with van der Waals surface area (Å²) in [6.07, 6.45) is 4.22. The highest BCUT2D eigenvalue weighted by Gasteiger charge is 2.58. The molecule has 1 spiro atoms. The van der Waals surface area contributed by atoms with Gasteiger partial charge in [-0.1, -0.05) is 44.9 Å². The van der Waals surface area contributed by atoms with E-state index in [1.165, 1.54) is 0 Å². The summed E-state index contributed by atoms with van der Waals surface area (Å²) in [5.74, 6) is -0.0627. The lowest BCUT2D eigenvalue weighted by atomic mass is 9.73. The number of fused-ring (bicyclic) bond motifs is 2. The Morgan fingerprint density at radius 1 is 1.30 bits per heavy atom. The van der Waals surface area contributed by atoms with Gasteiger partial charge in [-0.2, -0.15) is 5.10 Å². The van der Waals surface area contributed by atoms with E-state index in [1.54, 1.807) is 0 Å². The third-order valence-corrected chi connectivity index (χ3v) is 5.95. The van der Waals surface area contributed by atoms with Gasteiger partial charge in [0.2, 0.25) is 5.91 Å². The standard InChI is InChI=1S/C21H26N4O2/c1-3-7-14-13-17(24-23-14)19(26)25-12-11-21(18(25)8-4-2)15-9-5-6-10-16(15)22-20(21)27/h5-6,9-10,13,18H,3-4,7-8,11-12H2,1-2H3,(H,22,27)(H,23,24)/t18-,21+/m0/s1. The van der Waals surface area contributed by atoms with E-state index in [0.717, 1.165) is 42.6 Å². The number of hydrogen-bond donors (Lipinski definition) is 2. The number of nitrogens with zero attached hydrogens (tertiary/aromatic N) is 2. The minimum Gasteiger partial charge on any atom is -0.333 e. The van der Waals surface area contributed by atoms with Crippen LogP contribution >= 0.6 is 0 Å². The molecule has 1 fully saturated rings. The predicted octanol–water partition coefficient (Wildman–Crippen LogP) is 3.27. The molecule has 0 unspecified atom stereocenters. The van der Waals surface area contributed by atoms with E-state index in [1.807, 2.05) is 35.2 Å². The van der Waals surface area contributed by atoms with Gasteiger partial charge in [-0.25, -0.2) is 0 Å². The Kier molecular flexibility index (Phi) is 4.50. The Balaban J connectivity index is 1.69. The molecule has 142 valence electrons. The Hall–Kier alpha value is -2.63. The van der Waals surface area contributed by atoms with Gasteiger partial charge in [0.25, 0.3) is 5.91 Å². The number of amides is 2. The lowest BCUT2D eigenvalue weighted by Gasteiger charge is -2.33. The molecule has 0 radical (unpaired) electrons. The van der Waals surface area contributed by atoms with E-state index in [0.29, 0.717) is 18.7 Å². The number of carbonyl (C=O) groups excluding carboxylic acids is 2. The third-order valence-electron chi connectivity index (χ3n) is 5.95. The molecule has 2 N–H and O–H groups in total. The smallest absolute Gasteiger partial charge is 0.274 e. The van der Waals surface area contributed by atoms with Crippen LogP contribution in [0.25, 0.3) is 0 Å². The van der Waals surface area contributed by atoms with Crippen LogP contribution in [-0.2, 0) is 16.6 Å². The zero-order chi connectivity index (χ0) is 19.0. The number of anilines is 1. The van der Waals surface area contributed by atoms with Gasteiger partial charge in [0.1, 0.15) is 5.69 Å². The van der Waals surface area contributed by atoms with Crippen molar-refractivity contribution in [3.63, 3.8) is 0 Å². The Morgan fingerprint density at radius 3 is 2.89 bits per heavy atom. The van der Waals surface area contributed by atoms with Gasteiger partial charge in [0, 0.05) is 17.9 Å². The SMILES string of the molecule is CCCc1cc(C(=O)N2CC[C@]3(C(=O)Nc4ccccc43)[C@@H]2CCC)n[nH]1. The lowest BCUT2D eigenvalue weighted by Crippen LogP contribution is -2.48. The average Bonchev–Trinajstić information content (AvgIpc) is 3.35. The first-order chi connectivity index (χ1) is 13.1. The highest BCUT2D eigenvalue weighted by molar-refractivity contribution is 6.08. The van der Waals surface area contributed by atoms with Gasteiger partial charge in [-0.05, 0) is 37.0 Å². The number of aromatic amines is 1. The number of likely N-dealkylation sites (tertiary alicyclic amines) is 1. The Bertz CT molecular complexity index is 875. The number of hydrogen-bond acceptors (Lipinski definition) is 3. The molecular formula is C21H26N4O2. The number of rotatable bonds is 5. The van der Waals surface area contributed by atoms with Crippen molar-refractivity contribution in [2.45, 2.75) is 57.4 Å². The van der Waals surface area contributed by atoms with Crippen LogP contribution in [-0.4, -0.2) is 39.5 Å². The van der Waals surface area contributed by atoms with Crippen molar-refractivity contribution in [2.75, 3.05) is 11.9 Å². The second kappa shape index (κ2) is 6.83. The van der Waals surface area contributed by atoms with Crippen molar-refractivity contribution in [3.05, 3.63) is 47.3 Å². The summed E-state index contributed by atoms with van der Waals surface area (Å²) >= 11 is 0. The molecule has 0 aliphatic carbocycles. The second-order valence-electron chi connectivity index (χ2n) is 7.55. The molecule has 3 heterocycles. The molecule has 2 aliphatic heterocycles. The van der Waals surface area contributed by atoms with Gasteiger partial charge in [0.05, 0.1) is 11.5 Å². The summed E-state index contributed by atoms with van der Waals surface area (Å²) < 4.78 is 0. The van der Waals surface area contributed by atoms with Gasteiger partial charge in [-0.3, -0.25) is 14.7 Å². The fourth-order valence-corrected chi connectivity index (χ4v) is 4.74. The Morgan fingerprint density at radius 2 is 2.11 bits per heavy atom. The molecular weight excluding hydrogens is 340 g/mol. The highest BCUT2D eigenvalue weighted by Crippen LogP contribution is 2.49. The lowest BCUT2D eigenvalue weighted by molar-refractivity contribution is -0.121. The molecule has 2 atom stereocenters. The van der Waals surface area contributed by atoms with Gasteiger partial charge in [-0.15, -0.1) is 0 Å². The molecule has 2 aromatic rings. The van der Waals surface area contributed by atoms with Crippen LogP contribution in [0.5, 0.6) is 0 Å². The summed E-state index contributed by atoms with van der Waals surface area (Å²) in [4.78, 5) is 28.2. The fraction of sp³-hybridized carbons (Fsp3) is 0.476. The summed E-state index contributed by atoms with van der Waals surface area (Å²) in [5, 5.41) is 10.2. The molecule has 1 aromatic heterocycles. The zero-order valence-corrected chi connectivity index (χ0v) is 15.9. The van der Waals surface area contributed by atoms with Crippen LogP contribution in [0.1, 0.15) is 61.3 Å². The number of nitrogens with one attached hydrogen (secondary N) is 2. The molecule has 2 amide bonds. The second-order valence-corrected chi connectivity index (χ2v) is 7.55. The fourth-order valence-electron chi connectivity index (χ4n) is 4.74. The molecule has 6 heteroatoms. The number of aromatic nitrogens is 2. The third kappa shape index (κ3) is 2.66. The van der Waals surface area contributed by atoms with E-state index < -0.39 is 5.41 Å². The van der Waals surface area contributed by atoms with Crippen molar-refractivity contribution in [1.82, 2.24) is 15.1 Å². The first kappa shape index (κ1) is 17.8. The number of benzene rings is 1. The van der Waals surface area contributed by atoms with E-state index in [2.05, 4.69) is 29.4 Å². The minimum atomic E-state index is -0.648. The molecule has 0 bridgehead atoms. The van der Waals surface area contributed by atoms with E-state index >= 15 is 0 Å². The van der Waals surface area contributed by atoms with Crippen LogP contribution in [0.3, 0.4) is 0 Å². The molecule has 0 saturated carbocycles. The maximum absolute atomic E-state index is 13.2.